The van der Waals surface area contributed by atoms with Crippen LogP contribution >= 0.6 is 0 Å². The zero-order chi connectivity index (χ0) is 16.0. The van der Waals surface area contributed by atoms with Crippen LogP contribution in [-0.2, 0) is 16.0 Å². The van der Waals surface area contributed by atoms with Gasteiger partial charge < -0.3 is 10.0 Å². The smallest absolute Gasteiger partial charge is 0.305 e. The topological polar surface area (TPSA) is 57.6 Å². The van der Waals surface area contributed by atoms with E-state index in [1.165, 1.54) is 0 Å². The lowest BCUT2D eigenvalue weighted by atomic mass is 9.99. The van der Waals surface area contributed by atoms with Crippen molar-refractivity contribution in [2.24, 2.45) is 5.92 Å². The predicted octanol–water partition coefficient (Wildman–Crippen LogP) is 2.81. The first-order chi connectivity index (χ1) is 9.81. The number of amides is 1. The maximum absolute atomic E-state index is 12.5. The molecule has 4 nitrogen and oxygen atoms in total. The Labute approximate surface area is 126 Å². The molecular weight excluding hydrogens is 266 g/mol. The fourth-order valence-electron chi connectivity index (χ4n) is 2.38. The summed E-state index contributed by atoms with van der Waals surface area (Å²) >= 11 is 0. The molecule has 21 heavy (non-hydrogen) atoms. The first-order valence-electron chi connectivity index (χ1n) is 7.36. The van der Waals surface area contributed by atoms with E-state index in [1.54, 1.807) is 4.90 Å². The minimum Gasteiger partial charge on any atom is -0.481 e. The quantitative estimate of drug-likeness (QED) is 0.840. The summed E-state index contributed by atoms with van der Waals surface area (Å²) in [6, 6.07) is 5.98. The summed E-state index contributed by atoms with van der Waals surface area (Å²) < 4.78 is 0. The molecular formula is C17H25NO3. The molecule has 0 radical (unpaired) electrons. The lowest BCUT2D eigenvalue weighted by Crippen LogP contribution is -2.37. The highest BCUT2D eigenvalue weighted by molar-refractivity contribution is 5.80. The van der Waals surface area contributed by atoms with Crippen molar-refractivity contribution in [3.63, 3.8) is 0 Å². The van der Waals surface area contributed by atoms with Crippen molar-refractivity contribution < 1.29 is 14.7 Å². The first-order valence-corrected chi connectivity index (χ1v) is 7.36. The Morgan fingerprint density at radius 1 is 1.19 bits per heavy atom. The van der Waals surface area contributed by atoms with Crippen LogP contribution in [0, 0.1) is 19.8 Å². The molecule has 1 amide bonds. The molecule has 0 saturated heterocycles. The van der Waals surface area contributed by atoms with E-state index >= 15 is 0 Å². The SMILES string of the molecule is Cc1cccc(C)c1CC(=O)N(CCC(=O)O)CC(C)C. The van der Waals surface area contributed by atoms with Crippen LogP contribution in [0.2, 0.25) is 0 Å². The van der Waals surface area contributed by atoms with Crippen LogP contribution in [0.3, 0.4) is 0 Å². The highest BCUT2D eigenvalue weighted by Gasteiger charge is 2.18. The molecule has 0 aliphatic rings. The number of carbonyl (C=O) groups is 2. The highest BCUT2D eigenvalue weighted by Crippen LogP contribution is 2.15. The minimum atomic E-state index is -0.872. The average Bonchev–Trinajstić information content (AvgIpc) is 2.38. The van der Waals surface area contributed by atoms with Gasteiger partial charge in [-0.2, -0.15) is 0 Å². The maximum Gasteiger partial charge on any atom is 0.305 e. The molecule has 0 saturated carbocycles. The average molecular weight is 291 g/mol. The van der Waals surface area contributed by atoms with Gasteiger partial charge in [0.25, 0.3) is 0 Å². The molecule has 0 atom stereocenters. The summed E-state index contributed by atoms with van der Waals surface area (Å²) in [5, 5.41) is 8.82. The molecule has 1 aromatic rings. The first kappa shape index (κ1) is 17.2. The monoisotopic (exact) mass is 291 g/mol. The van der Waals surface area contributed by atoms with Crippen molar-refractivity contribution >= 4 is 11.9 Å². The number of nitrogens with zero attached hydrogens (tertiary/aromatic N) is 1. The van der Waals surface area contributed by atoms with Gasteiger partial charge >= 0.3 is 5.97 Å². The van der Waals surface area contributed by atoms with Crippen molar-refractivity contribution in [1.82, 2.24) is 4.90 Å². The molecule has 0 heterocycles. The molecule has 0 spiro atoms. The number of carboxylic acid groups (broad SMARTS) is 1. The van der Waals surface area contributed by atoms with Gasteiger partial charge in [0, 0.05) is 13.1 Å². The van der Waals surface area contributed by atoms with Crippen LogP contribution in [0.4, 0.5) is 0 Å². The number of hydrogen-bond acceptors (Lipinski definition) is 2. The normalized spacial score (nSPS) is 10.7. The number of benzene rings is 1. The van der Waals surface area contributed by atoms with E-state index in [0.717, 1.165) is 16.7 Å². The van der Waals surface area contributed by atoms with Crippen molar-refractivity contribution in [3.8, 4) is 0 Å². The number of carbonyl (C=O) groups excluding carboxylic acids is 1. The third-order valence-electron chi connectivity index (χ3n) is 3.51. The highest BCUT2D eigenvalue weighted by atomic mass is 16.4. The molecule has 1 aromatic carbocycles. The van der Waals surface area contributed by atoms with Crippen molar-refractivity contribution in [2.45, 2.75) is 40.5 Å². The lowest BCUT2D eigenvalue weighted by molar-refractivity contribution is -0.138. The van der Waals surface area contributed by atoms with Crippen molar-refractivity contribution in [3.05, 3.63) is 34.9 Å². The van der Waals surface area contributed by atoms with Gasteiger partial charge in [-0.25, -0.2) is 0 Å². The second-order valence-corrected chi connectivity index (χ2v) is 5.92. The number of carboxylic acids is 1. The Balaban J connectivity index is 2.82. The second kappa shape index (κ2) is 7.81. The van der Waals surface area contributed by atoms with E-state index in [1.807, 2.05) is 45.9 Å². The molecule has 1 N–H and O–H groups in total. The Kier molecular flexibility index (Phi) is 6.40. The summed E-state index contributed by atoms with van der Waals surface area (Å²) in [5.74, 6) is -0.549. The molecule has 0 aromatic heterocycles. The summed E-state index contributed by atoms with van der Waals surface area (Å²) in [5.41, 5.74) is 3.25. The lowest BCUT2D eigenvalue weighted by Gasteiger charge is -2.24. The molecule has 0 bridgehead atoms. The number of aliphatic carboxylic acids is 1. The van der Waals surface area contributed by atoms with Crippen LogP contribution in [0.5, 0.6) is 0 Å². The fourth-order valence-corrected chi connectivity index (χ4v) is 2.38. The molecule has 0 unspecified atom stereocenters. The second-order valence-electron chi connectivity index (χ2n) is 5.92. The van der Waals surface area contributed by atoms with Gasteiger partial charge in [0.1, 0.15) is 0 Å². The van der Waals surface area contributed by atoms with Crippen LogP contribution in [0.25, 0.3) is 0 Å². The Morgan fingerprint density at radius 3 is 2.24 bits per heavy atom. The summed E-state index contributed by atoms with van der Waals surface area (Å²) in [6.07, 6.45) is 0.329. The van der Waals surface area contributed by atoms with E-state index in [2.05, 4.69) is 0 Å². The van der Waals surface area contributed by atoms with Gasteiger partial charge in [-0.3, -0.25) is 9.59 Å². The van der Waals surface area contributed by atoms with Crippen LogP contribution in [0.15, 0.2) is 18.2 Å². The maximum atomic E-state index is 12.5. The van der Waals surface area contributed by atoms with E-state index < -0.39 is 5.97 Å². The van der Waals surface area contributed by atoms with Gasteiger partial charge in [-0.05, 0) is 36.5 Å². The molecule has 0 aliphatic carbocycles. The molecule has 0 fully saturated rings. The van der Waals surface area contributed by atoms with Crippen LogP contribution < -0.4 is 0 Å². The van der Waals surface area contributed by atoms with E-state index in [9.17, 15) is 9.59 Å². The van der Waals surface area contributed by atoms with Gasteiger partial charge in [0.15, 0.2) is 0 Å². The van der Waals surface area contributed by atoms with Gasteiger partial charge in [-0.1, -0.05) is 32.0 Å². The predicted molar refractivity (Wildman–Crippen MR) is 83.3 cm³/mol. The van der Waals surface area contributed by atoms with E-state index in [4.69, 9.17) is 5.11 Å². The summed E-state index contributed by atoms with van der Waals surface area (Å²) in [6.45, 7) is 8.92. The number of aryl methyl sites for hydroxylation is 2. The summed E-state index contributed by atoms with van der Waals surface area (Å²) in [7, 11) is 0. The Bertz CT molecular complexity index is 489. The van der Waals surface area contributed by atoms with Crippen LogP contribution in [-0.4, -0.2) is 35.0 Å². The van der Waals surface area contributed by atoms with E-state index in [0.29, 0.717) is 18.9 Å². The molecule has 116 valence electrons. The van der Waals surface area contributed by atoms with Gasteiger partial charge in [-0.15, -0.1) is 0 Å². The van der Waals surface area contributed by atoms with E-state index in [-0.39, 0.29) is 18.9 Å². The van der Waals surface area contributed by atoms with Gasteiger partial charge in [0.2, 0.25) is 5.91 Å². The Morgan fingerprint density at radius 2 is 1.76 bits per heavy atom. The Hall–Kier alpha value is -1.84. The molecule has 4 heteroatoms. The molecule has 0 aliphatic heterocycles. The third-order valence-corrected chi connectivity index (χ3v) is 3.51. The largest absolute Gasteiger partial charge is 0.481 e. The zero-order valence-corrected chi connectivity index (χ0v) is 13.3. The fraction of sp³-hybridized carbons (Fsp3) is 0.529. The third kappa shape index (κ3) is 5.58. The summed E-state index contributed by atoms with van der Waals surface area (Å²) in [4.78, 5) is 24.9. The standard InChI is InChI=1S/C17H25NO3/c1-12(2)11-18(9-8-17(20)21)16(19)10-15-13(3)6-5-7-14(15)4/h5-7,12H,8-11H2,1-4H3,(H,20,21). The van der Waals surface area contributed by atoms with Crippen LogP contribution in [0.1, 0.15) is 37.0 Å². The van der Waals surface area contributed by atoms with Crippen molar-refractivity contribution in [2.75, 3.05) is 13.1 Å². The zero-order valence-electron chi connectivity index (χ0n) is 13.3. The molecule has 1 rings (SSSR count). The van der Waals surface area contributed by atoms with Crippen molar-refractivity contribution in [1.29, 1.82) is 0 Å². The number of hydrogen-bond donors (Lipinski definition) is 1. The minimum absolute atomic E-state index is 0.00218. The van der Waals surface area contributed by atoms with Gasteiger partial charge in [0.05, 0.1) is 12.8 Å². The number of rotatable bonds is 7.